The predicted molar refractivity (Wildman–Crippen MR) is 124 cm³/mol. The summed E-state index contributed by atoms with van der Waals surface area (Å²) in [6, 6.07) is 12.9. The second-order valence-corrected chi connectivity index (χ2v) is 8.40. The van der Waals surface area contributed by atoms with Crippen molar-refractivity contribution in [3.05, 3.63) is 53.2 Å². The van der Waals surface area contributed by atoms with Gasteiger partial charge in [-0.2, -0.15) is 0 Å². The van der Waals surface area contributed by atoms with Crippen LogP contribution in [-0.4, -0.2) is 33.1 Å². The Morgan fingerprint density at radius 3 is 2.42 bits per heavy atom. The van der Waals surface area contributed by atoms with Crippen LogP contribution in [0.3, 0.4) is 0 Å². The number of rotatable bonds is 8. The fourth-order valence-electron chi connectivity index (χ4n) is 4.36. The molecule has 1 aliphatic rings. The Morgan fingerprint density at radius 2 is 1.74 bits per heavy atom. The molecule has 1 fully saturated rings. The molecule has 1 aliphatic heterocycles. The van der Waals surface area contributed by atoms with Crippen molar-refractivity contribution in [2.75, 3.05) is 13.1 Å². The first-order chi connectivity index (χ1) is 15.2. The average Bonchev–Trinajstić information content (AvgIpc) is 3.16. The zero-order valence-electron chi connectivity index (χ0n) is 18.9. The second-order valence-electron chi connectivity index (χ2n) is 8.40. The Labute approximate surface area is 185 Å². The summed E-state index contributed by atoms with van der Waals surface area (Å²) in [7, 11) is 0. The molecule has 1 saturated heterocycles. The number of aryl methyl sites for hydroxylation is 3. The average molecular weight is 420 g/mol. The minimum atomic E-state index is 0.353. The molecule has 0 atom stereocenters. The van der Waals surface area contributed by atoms with E-state index in [9.17, 15) is 0 Å². The van der Waals surface area contributed by atoms with Gasteiger partial charge in [-0.3, -0.25) is 0 Å². The number of hydrogen-bond donors (Lipinski definition) is 1. The van der Waals surface area contributed by atoms with Gasteiger partial charge in [-0.25, -0.2) is 9.67 Å². The van der Waals surface area contributed by atoms with Crippen molar-refractivity contribution in [3.8, 4) is 23.0 Å². The minimum absolute atomic E-state index is 0.353. The molecule has 0 amide bonds. The molecular weight excluding hydrogens is 386 g/mol. The lowest BCUT2D eigenvalue weighted by atomic mass is 10.0. The van der Waals surface area contributed by atoms with Crippen LogP contribution in [0.15, 0.2) is 36.4 Å². The van der Waals surface area contributed by atoms with E-state index in [1.165, 1.54) is 11.1 Å². The lowest BCUT2D eigenvalue weighted by molar-refractivity contribution is 0.340. The first-order valence-electron chi connectivity index (χ1n) is 11.6. The summed E-state index contributed by atoms with van der Waals surface area (Å²) in [6.45, 7) is 8.43. The highest BCUT2D eigenvalue weighted by Gasteiger charge is 2.22. The van der Waals surface area contributed by atoms with E-state index in [1.807, 2.05) is 25.1 Å². The van der Waals surface area contributed by atoms with Crippen LogP contribution in [0.1, 0.15) is 62.4 Å². The maximum Gasteiger partial charge on any atom is 0.219 e. The van der Waals surface area contributed by atoms with Gasteiger partial charge >= 0.3 is 0 Å². The largest absolute Gasteiger partial charge is 0.439 e. The van der Waals surface area contributed by atoms with Crippen LogP contribution >= 0.6 is 0 Å². The molecule has 2 aromatic heterocycles. The monoisotopic (exact) mass is 419 g/mol. The summed E-state index contributed by atoms with van der Waals surface area (Å²) >= 11 is 0. The van der Waals surface area contributed by atoms with Gasteiger partial charge in [0.25, 0.3) is 0 Å². The van der Waals surface area contributed by atoms with Crippen molar-refractivity contribution < 1.29 is 4.74 Å². The maximum atomic E-state index is 6.25. The summed E-state index contributed by atoms with van der Waals surface area (Å²) in [4.78, 5) is 4.84. The lowest BCUT2D eigenvalue weighted by Crippen LogP contribution is -2.30. The number of hydrogen-bond acceptors (Lipinski definition) is 5. The second kappa shape index (κ2) is 10.1. The minimum Gasteiger partial charge on any atom is -0.439 e. The van der Waals surface area contributed by atoms with Crippen molar-refractivity contribution in [2.45, 2.75) is 65.3 Å². The van der Waals surface area contributed by atoms with E-state index in [0.717, 1.165) is 74.4 Å². The molecule has 0 aliphatic carbocycles. The highest BCUT2D eigenvalue weighted by molar-refractivity contribution is 5.58. The van der Waals surface area contributed by atoms with Crippen LogP contribution in [0.25, 0.3) is 11.4 Å². The van der Waals surface area contributed by atoms with Gasteiger partial charge in [-0.1, -0.05) is 44.0 Å². The molecule has 164 valence electrons. The molecule has 31 heavy (non-hydrogen) atoms. The molecule has 6 heteroatoms. The molecule has 3 aromatic rings. The topological polar surface area (TPSA) is 64.9 Å². The smallest absolute Gasteiger partial charge is 0.219 e. The van der Waals surface area contributed by atoms with Gasteiger partial charge in [0.2, 0.25) is 5.88 Å². The predicted octanol–water partition coefficient (Wildman–Crippen LogP) is 5.27. The summed E-state index contributed by atoms with van der Waals surface area (Å²) in [5.74, 6) is 1.46. The first-order valence-corrected chi connectivity index (χ1v) is 11.6. The molecule has 3 heterocycles. The van der Waals surface area contributed by atoms with Gasteiger partial charge in [-0.15, -0.1) is 5.10 Å². The third kappa shape index (κ3) is 5.13. The van der Waals surface area contributed by atoms with Crippen LogP contribution in [0.4, 0.5) is 0 Å². The highest BCUT2D eigenvalue weighted by atomic mass is 16.5. The molecule has 4 rings (SSSR count). The van der Waals surface area contributed by atoms with E-state index in [2.05, 4.69) is 52.4 Å². The standard InChI is InChI=1S/C25H33N5O/c1-4-7-19-15-20(8-5-2)17-22(16-19)31-24-10-6-9-23(27-24)25-18(3)28-29-30(25)21-11-13-26-14-12-21/h6,9-10,15-17,21,26H,4-5,7-8,11-14H2,1-3H3. The van der Waals surface area contributed by atoms with Crippen molar-refractivity contribution in [1.29, 1.82) is 0 Å². The molecule has 0 bridgehead atoms. The van der Waals surface area contributed by atoms with E-state index in [-0.39, 0.29) is 0 Å². The van der Waals surface area contributed by atoms with Crippen LogP contribution < -0.4 is 10.1 Å². The lowest BCUT2D eigenvalue weighted by Gasteiger charge is -2.24. The number of benzene rings is 1. The zero-order valence-corrected chi connectivity index (χ0v) is 18.9. The normalized spacial score (nSPS) is 14.7. The first kappa shape index (κ1) is 21.5. The van der Waals surface area contributed by atoms with Crippen LogP contribution in [0.5, 0.6) is 11.6 Å². The molecule has 0 radical (unpaired) electrons. The van der Waals surface area contributed by atoms with Crippen LogP contribution in [0, 0.1) is 6.92 Å². The molecule has 0 saturated carbocycles. The van der Waals surface area contributed by atoms with Crippen molar-refractivity contribution in [1.82, 2.24) is 25.3 Å². The summed E-state index contributed by atoms with van der Waals surface area (Å²) in [5.41, 5.74) is 5.39. The van der Waals surface area contributed by atoms with Crippen LogP contribution in [0.2, 0.25) is 0 Å². The zero-order chi connectivity index (χ0) is 21.6. The van der Waals surface area contributed by atoms with E-state index in [4.69, 9.17) is 9.72 Å². The van der Waals surface area contributed by atoms with Crippen molar-refractivity contribution in [2.24, 2.45) is 0 Å². The SMILES string of the molecule is CCCc1cc(CCC)cc(Oc2cccc(-c3c(C)nnn3C3CCNCC3)n2)c1. The molecular formula is C25H33N5O. The fraction of sp³-hybridized carbons (Fsp3) is 0.480. The van der Waals surface area contributed by atoms with E-state index >= 15 is 0 Å². The number of piperidine rings is 1. The van der Waals surface area contributed by atoms with Gasteiger partial charge in [0.05, 0.1) is 17.4 Å². The number of nitrogens with zero attached hydrogens (tertiary/aromatic N) is 4. The van der Waals surface area contributed by atoms with E-state index in [1.54, 1.807) is 0 Å². The molecule has 0 unspecified atom stereocenters. The van der Waals surface area contributed by atoms with Gasteiger partial charge in [-0.05, 0) is 75.0 Å². The Balaban J connectivity index is 1.62. The highest BCUT2D eigenvalue weighted by Crippen LogP contribution is 2.30. The van der Waals surface area contributed by atoms with Gasteiger partial charge in [0, 0.05) is 6.07 Å². The maximum absolute atomic E-state index is 6.25. The third-order valence-corrected chi connectivity index (χ3v) is 5.81. The van der Waals surface area contributed by atoms with E-state index < -0.39 is 0 Å². The Hall–Kier alpha value is -2.73. The van der Waals surface area contributed by atoms with Crippen molar-refractivity contribution in [3.63, 3.8) is 0 Å². The van der Waals surface area contributed by atoms with Crippen LogP contribution in [-0.2, 0) is 12.8 Å². The summed E-state index contributed by atoms with van der Waals surface area (Å²) < 4.78 is 8.30. The van der Waals surface area contributed by atoms with Crippen molar-refractivity contribution >= 4 is 0 Å². The summed E-state index contributed by atoms with van der Waals surface area (Å²) in [5, 5.41) is 12.2. The summed E-state index contributed by atoms with van der Waals surface area (Å²) in [6.07, 6.45) is 6.46. The number of nitrogens with one attached hydrogen (secondary N) is 1. The molecule has 6 nitrogen and oxygen atoms in total. The number of ether oxygens (including phenoxy) is 1. The number of aromatic nitrogens is 4. The van der Waals surface area contributed by atoms with Gasteiger partial charge in [0.1, 0.15) is 11.4 Å². The Bertz CT molecular complexity index is 983. The Morgan fingerprint density at radius 1 is 1.03 bits per heavy atom. The van der Waals surface area contributed by atoms with Gasteiger partial charge < -0.3 is 10.1 Å². The molecule has 1 N–H and O–H groups in total. The Kier molecular flexibility index (Phi) is 6.97. The fourth-order valence-corrected chi connectivity index (χ4v) is 4.36. The van der Waals surface area contributed by atoms with E-state index in [0.29, 0.717) is 11.9 Å². The third-order valence-electron chi connectivity index (χ3n) is 5.81. The number of pyridine rings is 1. The quantitative estimate of drug-likeness (QED) is 0.539. The van der Waals surface area contributed by atoms with Gasteiger partial charge in [0.15, 0.2) is 0 Å². The molecule has 1 aromatic carbocycles. The molecule has 0 spiro atoms.